The molecule has 5 rings (SSSR count). The zero-order valence-corrected chi connectivity index (χ0v) is 28.5. The highest BCUT2D eigenvalue weighted by Gasteiger charge is 2.42. The normalized spacial score (nSPS) is 13.1. The van der Waals surface area contributed by atoms with Crippen molar-refractivity contribution in [2.24, 2.45) is 0 Å². The van der Waals surface area contributed by atoms with Crippen molar-refractivity contribution in [1.82, 2.24) is 0 Å². The molecule has 4 aromatic rings. The van der Waals surface area contributed by atoms with Gasteiger partial charge in [-0.05, 0) is 97.5 Å². The summed E-state index contributed by atoms with van der Waals surface area (Å²) in [7, 11) is 0. The summed E-state index contributed by atoms with van der Waals surface area (Å²) in [4.78, 5) is 2.44. The summed E-state index contributed by atoms with van der Waals surface area (Å²) < 4.78 is 0. The highest BCUT2D eigenvalue weighted by atomic mass is 15.1. The van der Waals surface area contributed by atoms with Crippen LogP contribution in [0.2, 0.25) is 0 Å². The monoisotopic (exact) mass is 600 g/mol. The molecule has 0 saturated heterocycles. The lowest BCUT2D eigenvalue weighted by Gasteiger charge is -2.34. The lowest BCUT2D eigenvalue weighted by atomic mass is 9.70. The molecule has 2 nitrogen and oxygen atoms in total. The molecule has 0 radical (unpaired) electrons. The molecule has 0 amide bonds. The maximum atomic E-state index is 6.55. The number of hydrogen-bond donors (Lipinski definition) is 1. The number of nitrogens with zero attached hydrogens (tertiary/aromatic N) is 1. The van der Waals surface area contributed by atoms with E-state index in [4.69, 9.17) is 5.73 Å². The van der Waals surface area contributed by atoms with Gasteiger partial charge in [-0.15, -0.1) is 0 Å². The van der Waals surface area contributed by atoms with Crippen molar-refractivity contribution < 1.29 is 0 Å². The van der Waals surface area contributed by atoms with Gasteiger partial charge < -0.3 is 10.6 Å². The van der Waals surface area contributed by atoms with Crippen molar-refractivity contribution in [3.63, 3.8) is 0 Å². The number of unbranched alkanes of at least 4 members (excludes halogenated alkanes) is 10. The molecule has 0 fully saturated rings. The van der Waals surface area contributed by atoms with Gasteiger partial charge in [-0.1, -0.05) is 138 Å². The Bertz CT molecular complexity index is 1440. The van der Waals surface area contributed by atoms with Gasteiger partial charge >= 0.3 is 0 Å². The molecule has 0 heterocycles. The second kappa shape index (κ2) is 15.7. The van der Waals surface area contributed by atoms with Crippen LogP contribution in [-0.2, 0) is 5.41 Å². The van der Waals surface area contributed by atoms with Crippen LogP contribution in [0.3, 0.4) is 0 Å². The summed E-state index contributed by atoms with van der Waals surface area (Å²) in [6, 6.07) is 32.0. The van der Waals surface area contributed by atoms with E-state index in [1.54, 1.807) is 0 Å². The summed E-state index contributed by atoms with van der Waals surface area (Å²) in [5, 5.41) is 0. The fraction of sp³-hybridized carbons (Fsp3) is 0.442. The average molecular weight is 601 g/mol. The lowest BCUT2D eigenvalue weighted by Crippen LogP contribution is -2.26. The predicted octanol–water partition coefficient (Wildman–Crippen LogP) is 13.1. The smallest absolute Gasteiger partial charge is 0.0465 e. The Kier molecular flexibility index (Phi) is 11.4. The van der Waals surface area contributed by atoms with Crippen molar-refractivity contribution in [3.05, 3.63) is 107 Å². The summed E-state index contributed by atoms with van der Waals surface area (Å²) in [6.45, 7) is 8.94. The SMILES string of the molecule is CCCCCCCCC1(CCCCCCCC)c2cc(N)ccc2-c2ccc(N(c3ccc(C)cc3)c3ccc(C)cc3)cc21. The third-order valence-electron chi connectivity index (χ3n) is 10.1. The second-order valence-corrected chi connectivity index (χ2v) is 13.7. The maximum absolute atomic E-state index is 6.55. The Hall–Kier alpha value is -3.52. The number of nitrogen functional groups attached to an aromatic ring is 1. The van der Waals surface area contributed by atoms with E-state index in [9.17, 15) is 0 Å². The number of nitrogens with two attached hydrogens (primary N) is 1. The van der Waals surface area contributed by atoms with Gasteiger partial charge in [-0.25, -0.2) is 0 Å². The first-order valence-corrected chi connectivity index (χ1v) is 17.9. The average Bonchev–Trinajstić information content (AvgIpc) is 3.30. The highest BCUT2D eigenvalue weighted by molar-refractivity contribution is 5.86. The van der Waals surface area contributed by atoms with Crippen LogP contribution in [0, 0.1) is 13.8 Å². The van der Waals surface area contributed by atoms with Crippen molar-refractivity contribution in [3.8, 4) is 11.1 Å². The van der Waals surface area contributed by atoms with Crippen LogP contribution in [0.25, 0.3) is 11.1 Å². The van der Waals surface area contributed by atoms with Crippen LogP contribution in [0.15, 0.2) is 84.9 Å². The minimum absolute atomic E-state index is 0.00219. The van der Waals surface area contributed by atoms with Gasteiger partial charge in [0, 0.05) is 28.2 Å². The van der Waals surface area contributed by atoms with E-state index in [0.717, 1.165) is 5.69 Å². The summed E-state index contributed by atoms with van der Waals surface area (Å²) in [6.07, 6.45) is 18.2. The molecule has 2 N–H and O–H groups in total. The van der Waals surface area contributed by atoms with Crippen molar-refractivity contribution in [1.29, 1.82) is 0 Å². The number of rotatable bonds is 17. The van der Waals surface area contributed by atoms with E-state index in [1.165, 1.54) is 140 Å². The number of benzene rings is 4. The molecule has 45 heavy (non-hydrogen) atoms. The van der Waals surface area contributed by atoms with Gasteiger partial charge in [0.05, 0.1) is 0 Å². The van der Waals surface area contributed by atoms with Crippen LogP contribution in [0.5, 0.6) is 0 Å². The van der Waals surface area contributed by atoms with Crippen LogP contribution in [0.1, 0.15) is 126 Å². The van der Waals surface area contributed by atoms with E-state index < -0.39 is 0 Å². The van der Waals surface area contributed by atoms with Crippen LogP contribution in [0.4, 0.5) is 22.7 Å². The van der Waals surface area contributed by atoms with E-state index >= 15 is 0 Å². The molecule has 0 aliphatic heterocycles. The standard InChI is InChI=1S/C43H56N2/c1-5-7-9-11-13-15-29-43(30-16-14-12-10-8-6-2)41-31-35(44)21-27-39(41)40-28-26-38(32-42(40)43)45(36-22-17-33(3)18-23-36)37-24-19-34(4)20-25-37/h17-28,31-32H,5-16,29-30,44H2,1-4H3. The van der Waals surface area contributed by atoms with Gasteiger partial charge in [0.25, 0.3) is 0 Å². The number of aryl methyl sites for hydroxylation is 2. The topological polar surface area (TPSA) is 29.3 Å². The number of anilines is 4. The third-order valence-corrected chi connectivity index (χ3v) is 10.1. The molecule has 2 heteroatoms. The van der Waals surface area contributed by atoms with Crippen molar-refractivity contribution >= 4 is 22.7 Å². The Labute approximate surface area is 274 Å². The van der Waals surface area contributed by atoms with E-state index in [0.29, 0.717) is 0 Å². The molecular weight excluding hydrogens is 544 g/mol. The minimum atomic E-state index is -0.00219. The van der Waals surface area contributed by atoms with Gasteiger partial charge in [-0.2, -0.15) is 0 Å². The van der Waals surface area contributed by atoms with Crippen LogP contribution < -0.4 is 10.6 Å². The molecule has 238 valence electrons. The van der Waals surface area contributed by atoms with Crippen molar-refractivity contribution in [2.45, 2.75) is 123 Å². The first-order chi connectivity index (χ1) is 22.0. The minimum Gasteiger partial charge on any atom is -0.399 e. The maximum Gasteiger partial charge on any atom is 0.0465 e. The zero-order chi connectivity index (χ0) is 31.6. The fourth-order valence-corrected chi connectivity index (χ4v) is 7.55. The molecule has 1 aliphatic carbocycles. The third kappa shape index (κ3) is 7.66. The molecule has 0 aromatic heterocycles. The Morgan fingerprint density at radius 1 is 0.489 bits per heavy atom. The Morgan fingerprint density at radius 2 is 0.911 bits per heavy atom. The molecule has 0 saturated carbocycles. The molecule has 0 spiro atoms. The largest absolute Gasteiger partial charge is 0.399 e. The molecule has 1 aliphatic rings. The first-order valence-electron chi connectivity index (χ1n) is 17.9. The van der Waals surface area contributed by atoms with Gasteiger partial charge in [-0.3, -0.25) is 0 Å². The molecular formula is C43H56N2. The van der Waals surface area contributed by atoms with E-state index in [2.05, 4.69) is 118 Å². The first kappa shape index (κ1) is 32.9. The summed E-state index contributed by atoms with van der Waals surface area (Å²) in [5.41, 5.74) is 19.4. The van der Waals surface area contributed by atoms with Crippen LogP contribution in [-0.4, -0.2) is 0 Å². The number of fused-ring (bicyclic) bond motifs is 3. The highest BCUT2D eigenvalue weighted by Crippen LogP contribution is 2.56. The predicted molar refractivity (Wildman–Crippen MR) is 197 cm³/mol. The van der Waals surface area contributed by atoms with Gasteiger partial charge in [0.1, 0.15) is 0 Å². The van der Waals surface area contributed by atoms with Crippen LogP contribution >= 0.6 is 0 Å². The quantitative estimate of drug-likeness (QED) is 0.0965. The molecule has 0 atom stereocenters. The van der Waals surface area contributed by atoms with Gasteiger partial charge in [0.2, 0.25) is 0 Å². The van der Waals surface area contributed by atoms with Crippen molar-refractivity contribution in [2.75, 3.05) is 10.6 Å². The van der Waals surface area contributed by atoms with E-state index in [-0.39, 0.29) is 5.41 Å². The van der Waals surface area contributed by atoms with E-state index in [1.807, 2.05) is 0 Å². The molecule has 0 bridgehead atoms. The summed E-state index contributed by atoms with van der Waals surface area (Å²) in [5.74, 6) is 0. The van der Waals surface area contributed by atoms with Gasteiger partial charge in [0.15, 0.2) is 0 Å². The number of hydrogen-bond acceptors (Lipinski definition) is 2. The second-order valence-electron chi connectivity index (χ2n) is 13.7. The zero-order valence-electron chi connectivity index (χ0n) is 28.5. The summed E-state index contributed by atoms with van der Waals surface area (Å²) >= 11 is 0. The lowest BCUT2D eigenvalue weighted by molar-refractivity contribution is 0.398. The molecule has 0 unspecified atom stereocenters. The fourth-order valence-electron chi connectivity index (χ4n) is 7.55. The molecule has 4 aromatic carbocycles. The Morgan fingerprint density at radius 3 is 1.42 bits per heavy atom. The Balaban J connectivity index is 1.58.